The predicted molar refractivity (Wildman–Crippen MR) is 125 cm³/mol. The highest BCUT2D eigenvalue weighted by Gasteiger charge is 2.31. The molecular formula is C23H33Cl2N3O. The first-order chi connectivity index (χ1) is 13.0. The zero-order valence-corrected chi connectivity index (χ0v) is 19.3. The molecule has 0 amide bonds. The van der Waals surface area contributed by atoms with Crippen molar-refractivity contribution < 1.29 is 4.74 Å². The van der Waals surface area contributed by atoms with Gasteiger partial charge in [0.25, 0.3) is 0 Å². The molecule has 6 heteroatoms. The smallest absolute Gasteiger partial charge is 0.119 e. The van der Waals surface area contributed by atoms with E-state index in [-0.39, 0.29) is 30.2 Å². The monoisotopic (exact) mass is 437 g/mol. The summed E-state index contributed by atoms with van der Waals surface area (Å²) in [7, 11) is 2.19. The first kappa shape index (κ1) is 23.8. The summed E-state index contributed by atoms with van der Waals surface area (Å²) in [5, 5.41) is 0. The van der Waals surface area contributed by atoms with E-state index in [4.69, 9.17) is 4.74 Å². The number of piperidine rings is 1. The van der Waals surface area contributed by atoms with Gasteiger partial charge in [-0.1, -0.05) is 13.0 Å². The fraction of sp³-hybridized carbons (Fsp3) is 0.522. The number of halogens is 2. The number of fused-ring (bicyclic) bond motifs is 1. The molecular weight excluding hydrogens is 405 g/mol. The summed E-state index contributed by atoms with van der Waals surface area (Å²) in [4.78, 5) is 9.17. The summed E-state index contributed by atoms with van der Waals surface area (Å²) < 4.78 is 6.26. The molecule has 1 fully saturated rings. The Hall–Kier alpha value is -1.49. The van der Waals surface area contributed by atoms with Crippen molar-refractivity contribution in [2.45, 2.75) is 39.7 Å². The van der Waals surface area contributed by atoms with Gasteiger partial charge in [-0.25, -0.2) is 0 Å². The number of rotatable bonds is 4. The lowest BCUT2D eigenvalue weighted by Gasteiger charge is -2.40. The largest absolute Gasteiger partial charge is 0.493 e. The maximum absolute atomic E-state index is 6.26. The van der Waals surface area contributed by atoms with Gasteiger partial charge in [0, 0.05) is 49.2 Å². The number of hydrogen-bond donors (Lipinski definition) is 0. The van der Waals surface area contributed by atoms with Crippen LogP contribution in [0.3, 0.4) is 0 Å². The Bertz CT molecular complexity index is 806. The minimum absolute atomic E-state index is 0. The molecule has 2 aliphatic heterocycles. The molecule has 0 aliphatic carbocycles. The summed E-state index contributed by atoms with van der Waals surface area (Å²) in [6, 6.07) is 11.0. The van der Waals surface area contributed by atoms with Crippen LogP contribution in [0.5, 0.6) is 5.75 Å². The van der Waals surface area contributed by atoms with Crippen LogP contribution >= 0.6 is 24.8 Å². The molecule has 1 aromatic heterocycles. The fourth-order valence-electron chi connectivity index (χ4n) is 4.20. The maximum Gasteiger partial charge on any atom is 0.119 e. The van der Waals surface area contributed by atoms with Crippen molar-refractivity contribution in [3.63, 3.8) is 0 Å². The van der Waals surface area contributed by atoms with Crippen LogP contribution in [0.2, 0.25) is 0 Å². The quantitative estimate of drug-likeness (QED) is 0.679. The van der Waals surface area contributed by atoms with Gasteiger partial charge in [-0.3, -0.25) is 4.98 Å². The van der Waals surface area contributed by atoms with Crippen molar-refractivity contribution in [2.24, 2.45) is 5.41 Å². The second kappa shape index (κ2) is 10.0. The SMILES string of the molecule is Cc1cc(N2CCC(C)(COc3ccc4c(c3)CN(C)CC4)CC2)ccn1.Cl.Cl. The van der Waals surface area contributed by atoms with Crippen molar-refractivity contribution in [3.05, 3.63) is 53.3 Å². The summed E-state index contributed by atoms with van der Waals surface area (Å²) in [6.45, 7) is 9.57. The molecule has 3 heterocycles. The minimum Gasteiger partial charge on any atom is -0.493 e. The van der Waals surface area contributed by atoms with E-state index in [1.165, 1.54) is 16.8 Å². The number of anilines is 1. The standard InChI is InChI=1S/C23H31N3O.2ClH/c1-18-14-21(6-10-24-18)26-12-8-23(2,9-13-26)17-27-22-5-4-19-7-11-25(3)16-20(19)15-22;;/h4-6,10,14-15H,7-9,11-13,16-17H2,1-3H3;2*1H. The van der Waals surface area contributed by atoms with Crippen LogP contribution in [-0.2, 0) is 13.0 Å². The van der Waals surface area contributed by atoms with Crippen LogP contribution in [0.15, 0.2) is 36.5 Å². The van der Waals surface area contributed by atoms with E-state index in [9.17, 15) is 0 Å². The van der Waals surface area contributed by atoms with Crippen LogP contribution in [-0.4, -0.2) is 43.2 Å². The first-order valence-electron chi connectivity index (χ1n) is 10.1. The maximum atomic E-state index is 6.26. The van der Waals surface area contributed by atoms with E-state index in [1.54, 1.807) is 0 Å². The second-order valence-corrected chi connectivity index (χ2v) is 8.66. The van der Waals surface area contributed by atoms with Gasteiger partial charge in [0.15, 0.2) is 0 Å². The third kappa shape index (κ3) is 5.78. The predicted octanol–water partition coefficient (Wildman–Crippen LogP) is 4.91. The van der Waals surface area contributed by atoms with E-state index in [2.05, 4.69) is 66.0 Å². The lowest BCUT2D eigenvalue weighted by molar-refractivity contribution is 0.131. The molecule has 4 nitrogen and oxygen atoms in total. The number of nitrogens with zero attached hydrogens (tertiary/aromatic N) is 3. The van der Waals surface area contributed by atoms with E-state index in [1.807, 2.05) is 6.20 Å². The lowest BCUT2D eigenvalue weighted by atomic mass is 9.81. The number of benzene rings is 1. The molecule has 1 saturated heterocycles. The van der Waals surface area contributed by atoms with Crippen molar-refractivity contribution in [1.29, 1.82) is 0 Å². The van der Waals surface area contributed by atoms with Crippen LogP contribution in [0.1, 0.15) is 36.6 Å². The van der Waals surface area contributed by atoms with Crippen LogP contribution in [0.4, 0.5) is 5.69 Å². The second-order valence-electron chi connectivity index (χ2n) is 8.66. The zero-order valence-electron chi connectivity index (χ0n) is 17.7. The van der Waals surface area contributed by atoms with Crippen LogP contribution in [0.25, 0.3) is 0 Å². The van der Waals surface area contributed by atoms with Gasteiger partial charge in [-0.15, -0.1) is 24.8 Å². The molecule has 0 saturated carbocycles. The van der Waals surface area contributed by atoms with E-state index >= 15 is 0 Å². The highest BCUT2D eigenvalue weighted by atomic mass is 35.5. The first-order valence-corrected chi connectivity index (χ1v) is 10.1. The topological polar surface area (TPSA) is 28.6 Å². The lowest BCUT2D eigenvalue weighted by Crippen LogP contribution is -2.41. The van der Waals surface area contributed by atoms with Gasteiger partial charge < -0.3 is 14.5 Å². The molecule has 1 aromatic carbocycles. The van der Waals surface area contributed by atoms with Crippen molar-refractivity contribution in [1.82, 2.24) is 9.88 Å². The number of pyridine rings is 1. The Labute approximate surface area is 187 Å². The van der Waals surface area contributed by atoms with Gasteiger partial charge in [-0.2, -0.15) is 0 Å². The van der Waals surface area contributed by atoms with E-state index in [0.717, 1.165) is 63.5 Å². The number of ether oxygens (including phenoxy) is 1. The number of aromatic nitrogens is 1. The molecule has 160 valence electrons. The van der Waals surface area contributed by atoms with Gasteiger partial charge >= 0.3 is 0 Å². The molecule has 29 heavy (non-hydrogen) atoms. The van der Waals surface area contributed by atoms with Gasteiger partial charge in [0.1, 0.15) is 5.75 Å². The third-order valence-electron chi connectivity index (χ3n) is 6.18. The number of hydrogen-bond acceptors (Lipinski definition) is 4. The molecule has 0 N–H and O–H groups in total. The Morgan fingerprint density at radius 2 is 1.79 bits per heavy atom. The van der Waals surface area contributed by atoms with Gasteiger partial charge in [0.2, 0.25) is 0 Å². The Balaban J connectivity index is 0.00000150. The zero-order chi connectivity index (χ0) is 18.9. The number of likely N-dealkylation sites (N-methyl/N-ethyl adjacent to an activating group) is 1. The summed E-state index contributed by atoms with van der Waals surface area (Å²) in [5.41, 5.74) is 5.53. The minimum atomic E-state index is 0. The van der Waals surface area contributed by atoms with E-state index < -0.39 is 0 Å². The fourth-order valence-corrected chi connectivity index (χ4v) is 4.20. The summed E-state index contributed by atoms with van der Waals surface area (Å²) in [5.74, 6) is 1.03. The Morgan fingerprint density at radius 3 is 2.52 bits per heavy atom. The Morgan fingerprint density at radius 1 is 1.03 bits per heavy atom. The van der Waals surface area contributed by atoms with Crippen molar-refractivity contribution in [2.75, 3.05) is 38.2 Å². The summed E-state index contributed by atoms with van der Waals surface area (Å²) in [6.07, 6.45) is 5.37. The molecule has 0 radical (unpaired) electrons. The molecule has 2 aromatic rings. The highest BCUT2D eigenvalue weighted by Crippen LogP contribution is 2.34. The highest BCUT2D eigenvalue weighted by molar-refractivity contribution is 5.85. The van der Waals surface area contributed by atoms with Gasteiger partial charge in [0.05, 0.1) is 6.61 Å². The molecule has 0 unspecified atom stereocenters. The third-order valence-corrected chi connectivity index (χ3v) is 6.18. The van der Waals surface area contributed by atoms with E-state index in [0.29, 0.717) is 0 Å². The number of aryl methyl sites for hydroxylation is 1. The molecule has 0 bridgehead atoms. The van der Waals surface area contributed by atoms with Crippen LogP contribution in [0, 0.1) is 12.3 Å². The van der Waals surface area contributed by atoms with Crippen molar-refractivity contribution >= 4 is 30.5 Å². The average molecular weight is 438 g/mol. The molecule has 0 spiro atoms. The van der Waals surface area contributed by atoms with Crippen molar-refractivity contribution in [3.8, 4) is 5.75 Å². The average Bonchev–Trinajstić information content (AvgIpc) is 2.67. The van der Waals surface area contributed by atoms with Crippen LogP contribution < -0.4 is 9.64 Å². The normalized spacial score (nSPS) is 18.2. The Kier molecular flexibility index (Phi) is 8.21. The molecule has 0 atom stereocenters. The molecule has 2 aliphatic rings. The van der Waals surface area contributed by atoms with Gasteiger partial charge in [-0.05, 0) is 68.6 Å². The molecule has 4 rings (SSSR count). The summed E-state index contributed by atoms with van der Waals surface area (Å²) >= 11 is 0.